The Morgan fingerprint density at radius 3 is 2.47 bits per heavy atom. The molecule has 3 aromatic carbocycles. The van der Waals surface area contributed by atoms with E-state index >= 15 is 0 Å². The molecule has 3 heterocycles. The maximum Gasteiger partial charge on any atom is 0.209 e. The van der Waals surface area contributed by atoms with Crippen LogP contribution in [0.2, 0.25) is 0 Å². The van der Waals surface area contributed by atoms with Crippen molar-refractivity contribution < 1.29 is 21.6 Å². The van der Waals surface area contributed by atoms with Crippen molar-refractivity contribution in [1.29, 1.82) is 0 Å². The first kappa shape index (κ1) is 28.1. The highest BCUT2D eigenvalue weighted by molar-refractivity contribution is 7.88. The van der Waals surface area contributed by atoms with Crippen LogP contribution in [0.3, 0.4) is 0 Å². The van der Waals surface area contributed by atoms with E-state index in [1.54, 1.807) is 37.3 Å². The molecule has 0 radical (unpaired) electrons. The number of fused-ring (bicyclic) bond motifs is 2. The fourth-order valence-electron chi connectivity index (χ4n) is 4.93. The Balaban J connectivity index is 1.44. The fourth-order valence-corrected chi connectivity index (χ4v) is 5.36. The van der Waals surface area contributed by atoms with E-state index in [-0.39, 0.29) is 51.7 Å². The van der Waals surface area contributed by atoms with Gasteiger partial charge in [-0.1, -0.05) is 42.5 Å². The number of halogens is 2. The molecule has 0 amide bonds. The predicted octanol–water partition coefficient (Wildman–Crippen LogP) is 4.85. The molecule has 218 valence electrons. The normalized spacial score (nSPS) is 12.7. The number of H-pyrrole nitrogens is 1. The third-order valence-corrected chi connectivity index (χ3v) is 7.70. The number of nitrogens with two attached hydrogens (primary N) is 1. The van der Waals surface area contributed by atoms with Gasteiger partial charge in [0.1, 0.15) is 40.0 Å². The van der Waals surface area contributed by atoms with Gasteiger partial charge >= 0.3 is 0 Å². The summed E-state index contributed by atoms with van der Waals surface area (Å²) in [6.07, 6.45) is 1.09. The monoisotopic (exact) mass is 602 g/mol. The van der Waals surface area contributed by atoms with Gasteiger partial charge in [-0.05, 0) is 42.3 Å². The first-order valence-corrected chi connectivity index (χ1v) is 15.0. The lowest BCUT2D eigenvalue weighted by Crippen LogP contribution is -2.21. The van der Waals surface area contributed by atoms with E-state index in [1.165, 1.54) is 30.3 Å². The quantitative estimate of drug-likeness (QED) is 0.234. The summed E-state index contributed by atoms with van der Waals surface area (Å²) in [5.41, 5.74) is 8.27. The first-order valence-electron chi connectivity index (χ1n) is 13.1. The Bertz CT molecular complexity index is 2200. The number of nitrogens with one attached hydrogen (secondary N) is 2. The molecule has 0 saturated heterocycles. The second-order valence-corrected chi connectivity index (χ2v) is 11.9. The van der Waals surface area contributed by atoms with E-state index < -0.39 is 33.0 Å². The van der Waals surface area contributed by atoms with Crippen molar-refractivity contribution in [3.63, 3.8) is 0 Å². The highest BCUT2D eigenvalue weighted by Crippen LogP contribution is 2.36. The lowest BCUT2D eigenvalue weighted by molar-refractivity contribution is 0.512. The number of hydrogen-bond acceptors (Lipinski definition) is 8. The molecule has 6 rings (SSSR count). The molecule has 0 aliphatic carbocycles. The number of sulfonamides is 1. The summed E-state index contributed by atoms with van der Waals surface area (Å²) in [5.74, 6) is -1.70. The highest BCUT2D eigenvalue weighted by Gasteiger charge is 2.27. The van der Waals surface area contributed by atoms with Gasteiger partial charge in [0.05, 0.1) is 28.8 Å². The molecule has 0 spiro atoms. The highest BCUT2D eigenvalue weighted by atomic mass is 32.2. The zero-order valence-corrected chi connectivity index (χ0v) is 23.7. The van der Waals surface area contributed by atoms with Crippen molar-refractivity contribution in [3.8, 4) is 22.4 Å². The molecule has 13 heteroatoms. The van der Waals surface area contributed by atoms with Gasteiger partial charge in [0.2, 0.25) is 15.5 Å². The number of benzene rings is 3. The van der Waals surface area contributed by atoms with Crippen LogP contribution in [0.4, 0.5) is 14.6 Å². The third-order valence-electron chi connectivity index (χ3n) is 7.03. The fraction of sp³-hybridized carbons (Fsp3) is 0.133. The number of rotatable bonds is 7. The molecule has 0 aliphatic heterocycles. The van der Waals surface area contributed by atoms with Crippen molar-refractivity contribution >= 4 is 37.8 Å². The second-order valence-electron chi connectivity index (χ2n) is 10.1. The largest absolute Gasteiger partial charge is 0.459 e. The SMILES string of the molecule is CC(c1nc(N)c2c(-c3ccc(CNS(C)(=O)=O)cc3)[nH]nc2n1)c1oc2cccc(F)c2c(=O)c1-c1cccc(F)c1. The average molecular weight is 603 g/mol. The minimum absolute atomic E-state index is 0.0139. The van der Waals surface area contributed by atoms with E-state index in [4.69, 9.17) is 10.2 Å². The third kappa shape index (κ3) is 5.35. The zero-order chi connectivity index (χ0) is 30.5. The summed E-state index contributed by atoms with van der Waals surface area (Å²) in [5, 5.41) is 7.47. The lowest BCUT2D eigenvalue weighted by atomic mass is 9.95. The van der Waals surface area contributed by atoms with Crippen molar-refractivity contribution in [2.24, 2.45) is 0 Å². The van der Waals surface area contributed by atoms with Crippen molar-refractivity contribution in [1.82, 2.24) is 24.9 Å². The molecule has 3 aromatic heterocycles. The van der Waals surface area contributed by atoms with E-state index in [0.29, 0.717) is 11.1 Å². The second kappa shape index (κ2) is 10.7. The van der Waals surface area contributed by atoms with Crippen LogP contribution in [0.25, 0.3) is 44.4 Å². The van der Waals surface area contributed by atoms with E-state index in [2.05, 4.69) is 24.9 Å². The molecule has 6 aromatic rings. The van der Waals surface area contributed by atoms with Gasteiger partial charge in [0.15, 0.2) is 5.65 Å². The van der Waals surface area contributed by atoms with Crippen LogP contribution >= 0.6 is 0 Å². The Labute approximate surface area is 243 Å². The van der Waals surface area contributed by atoms with Gasteiger partial charge in [-0.3, -0.25) is 9.89 Å². The maximum absolute atomic E-state index is 14.7. The summed E-state index contributed by atoms with van der Waals surface area (Å²) in [4.78, 5) is 22.7. The molecule has 0 bridgehead atoms. The van der Waals surface area contributed by atoms with Crippen LogP contribution in [-0.4, -0.2) is 34.8 Å². The van der Waals surface area contributed by atoms with Crippen LogP contribution in [0.5, 0.6) is 0 Å². The molecule has 4 N–H and O–H groups in total. The van der Waals surface area contributed by atoms with Crippen LogP contribution in [0.1, 0.15) is 30.0 Å². The molecule has 10 nitrogen and oxygen atoms in total. The number of hydrogen-bond donors (Lipinski definition) is 3. The molecular formula is C30H24F2N6O4S. The summed E-state index contributed by atoms with van der Waals surface area (Å²) in [6, 6.07) is 16.6. The van der Waals surface area contributed by atoms with Gasteiger partial charge in [0, 0.05) is 12.1 Å². The minimum atomic E-state index is -3.33. The predicted molar refractivity (Wildman–Crippen MR) is 159 cm³/mol. The van der Waals surface area contributed by atoms with Crippen LogP contribution in [0, 0.1) is 11.6 Å². The smallest absolute Gasteiger partial charge is 0.209 e. The van der Waals surface area contributed by atoms with Gasteiger partial charge < -0.3 is 10.2 Å². The Hall–Kier alpha value is -5.01. The molecule has 43 heavy (non-hydrogen) atoms. The van der Waals surface area contributed by atoms with Crippen LogP contribution < -0.4 is 15.9 Å². The summed E-state index contributed by atoms with van der Waals surface area (Å²) < 4.78 is 60.3. The maximum atomic E-state index is 14.7. The lowest BCUT2D eigenvalue weighted by Gasteiger charge is -2.16. The summed E-state index contributed by atoms with van der Waals surface area (Å²) in [6.45, 7) is 1.84. The van der Waals surface area contributed by atoms with Crippen molar-refractivity contribution in [3.05, 3.63) is 106 Å². The number of aromatic nitrogens is 4. The topological polar surface area (TPSA) is 157 Å². The van der Waals surface area contributed by atoms with Gasteiger partial charge in [0.25, 0.3) is 0 Å². The zero-order valence-electron chi connectivity index (χ0n) is 22.9. The van der Waals surface area contributed by atoms with Crippen LogP contribution in [0.15, 0.2) is 75.9 Å². The van der Waals surface area contributed by atoms with Gasteiger partial charge in [-0.2, -0.15) is 5.10 Å². The Kier molecular flexibility index (Phi) is 6.98. The summed E-state index contributed by atoms with van der Waals surface area (Å²) >= 11 is 0. The average Bonchev–Trinajstić information content (AvgIpc) is 3.40. The van der Waals surface area contributed by atoms with Crippen LogP contribution in [-0.2, 0) is 16.6 Å². The molecule has 0 aliphatic rings. The Morgan fingerprint density at radius 2 is 1.74 bits per heavy atom. The minimum Gasteiger partial charge on any atom is -0.459 e. The standard InChI is InChI=1S/C30H24F2N6O4S/c1-15(27-22(18-5-3-6-19(31)13-18)26(39)23-20(32)7-4-8-21(23)42-27)29-35-28(33)24-25(37-38-30(24)36-29)17-11-9-16(10-12-17)14-34-43(2,40)41/h3-13,15,34H,14H2,1-2H3,(H3,33,35,36,37,38). The Morgan fingerprint density at radius 1 is 1.00 bits per heavy atom. The number of aromatic amines is 1. The first-order chi connectivity index (χ1) is 20.5. The molecule has 0 saturated carbocycles. The van der Waals surface area contributed by atoms with Crippen molar-refractivity contribution in [2.45, 2.75) is 19.4 Å². The molecular weight excluding hydrogens is 578 g/mol. The van der Waals surface area contributed by atoms with Gasteiger partial charge in [-0.15, -0.1) is 0 Å². The molecule has 1 atom stereocenters. The van der Waals surface area contributed by atoms with E-state index in [1.807, 2.05) is 0 Å². The van der Waals surface area contributed by atoms with E-state index in [0.717, 1.165) is 23.4 Å². The van der Waals surface area contributed by atoms with Crippen molar-refractivity contribution in [2.75, 3.05) is 12.0 Å². The molecule has 1 unspecified atom stereocenters. The summed E-state index contributed by atoms with van der Waals surface area (Å²) in [7, 11) is -3.33. The van der Waals surface area contributed by atoms with E-state index in [9.17, 15) is 22.0 Å². The van der Waals surface area contributed by atoms with Gasteiger partial charge in [-0.25, -0.2) is 31.9 Å². The molecule has 0 fully saturated rings. The number of nitrogen functional groups attached to an aromatic ring is 1. The number of nitrogens with zero attached hydrogens (tertiary/aromatic N) is 3. The number of anilines is 1.